The average Bonchev–Trinajstić information content (AvgIpc) is 2.40. The minimum absolute atomic E-state index is 0.296. The number of pyridine rings is 1. The van der Waals surface area contributed by atoms with Crippen molar-refractivity contribution < 1.29 is 9.50 Å². The zero-order valence-electron chi connectivity index (χ0n) is 10.3. The van der Waals surface area contributed by atoms with Crippen LogP contribution in [0.5, 0.6) is 0 Å². The highest BCUT2D eigenvalue weighted by Gasteiger charge is 2.13. The first-order chi connectivity index (χ1) is 8.70. The Labute approximate surface area is 106 Å². The molecule has 1 unspecified atom stereocenters. The third kappa shape index (κ3) is 2.93. The number of aliphatic hydroxyl groups is 1. The molecule has 94 valence electrons. The number of aliphatic hydroxyl groups excluding tert-OH is 1. The van der Waals surface area contributed by atoms with Crippen molar-refractivity contribution in [2.24, 2.45) is 0 Å². The van der Waals surface area contributed by atoms with E-state index in [1.165, 1.54) is 17.8 Å². The summed E-state index contributed by atoms with van der Waals surface area (Å²) in [7, 11) is 0. The Hall–Kier alpha value is -1.74. The molecule has 0 aliphatic rings. The Morgan fingerprint density at radius 1 is 1.17 bits per heavy atom. The van der Waals surface area contributed by atoms with Gasteiger partial charge in [0.1, 0.15) is 5.82 Å². The van der Waals surface area contributed by atoms with Crippen LogP contribution in [0.2, 0.25) is 0 Å². The SMILES string of the molecule is CCc1ccc(CC(O)c2ccncc2F)cc1. The standard InChI is InChI=1S/C15H16FNO/c1-2-11-3-5-12(6-4-11)9-15(18)13-7-8-17-10-14(13)16/h3-8,10,15,18H,2,9H2,1H3. The van der Waals surface area contributed by atoms with Gasteiger partial charge >= 0.3 is 0 Å². The number of halogens is 1. The molecule has 0 saturated carbocycles. The molecule has 0 aliphatic heterocycles. The van der Waals surface area contributed by atoms with Gasteiger partial charge in [0.05, 0.1) is 12.3 Å². The molecule has 1 heterocycles. The molecule has 0 amide bonds. The predicted octanol–water partition coefficient (Wildman–Crippen LogP) is 3.06. The molecule has 2 nitrogen and oxygen atoms in total. The molecule has 1 N–H and O–H groups in total. The molecular weight excluding hydrogens is 229 g/mol. The fourth-order valence-corrected chi connectivity index (χ4v) is 1.90. The van der Waals surface area contributed by atoms with E-state index in [-0.39, 0.29) is 0 Å². The van der Waals surface area contributed by atoms with E-state index in [9.17, 15) is 9.50 Å². The van der Waals surface area contributed by atoms with E-state index in [0.29, 0.717) is 12.0 Å². The minimum atomic E-state index is -0.833. The second-order valence-corrected chi connectivity index (χ2v) is 4.29. The van der Waals surface area contributed by atoms with Crippen LogP contribution in [-0.2, 0) is 12.8 Å². The van der Waals surface area contributed by atoms with E-state index in [2.05, 4.69) is 11.9 Å². The van der Waals surface area contributed by atoms with Gasteiger partial charge in [0, 0.05) is 18.2 Å². The van der Waals surface area contributed by atoms with Crippen molar-refractivity contribution in [3.63, 3.8) is 0 Å². The van der Waals surface area contributed by atoms with Crippen molar-refractivity contribution in [1.82, 2.24) is 4.98 Å². The van der Waals surface area contributed by atoms with Gasteiger partial charge in [-0.15, -0.1) is 0 Å². The van der Waals surface area contributed by atoms with Crippen LogP contribution in [0.25, 0.3) is 0 Å². The maximum atomic E-state index is 13.4. The maximum Gasteiger partial charge on any atom is 0.147 e. The van der Waals surface area contributed by atoms with Crippen molar-refractivity contribution in [2.75, 3.05) is 0 Å². The summed E-state index contributed by atoms with van der Waals surface area (Å²) in [4.78, 5) is 3.67. The lowest BCUT2D eigenvalue weighted by molar-refractivity contribution is 0.173. The maximum absolute atomic E-state index is 13.4. The van der Waals surface area contributed by atoms with Crippen LogP contribution in [0.4, 0.5) is 4.39 Å². The van der Waals surface area contributed by atoms with Gasteiger partial charge < -0.3 is 5.11 Å². The third-order valence-electron chi connectivity index (χ3n) is 3.02. The van der Waals surface area contributed by atoms with Gasteiger partial charge in [-0.1, -0.05) is 31.2 Å². The van der Waals surface area contributed by atoms with Gasteiger partial charge in [0.25, 0.3) is 0 Å². The molecule has 0 saturated heterocycles. The number of benzene rings is 1. The number of rotatable bonds is 4. The first-order valence-electron chi connectivity index (χ1n) is 6.06. The number of hydrogen-bond donors (Lipinski definition) is 1. The predicted molar refractivity (Wildman–Crippen MR) is 68.7 cm³/mol. The van der Waals surface area contributed by atoms with E-state index in [1.807, 2.05) is 24.3 Å². The smallest absolute Gasteiger partial charge is 0.147 e. The summed E-state index contributed by atoms with van der Waals surface area (Å²) in [5.74, 6) is -0.463. The topological polar surface area (TPSA) is 33.1 Å². The van der Waals surface area contributed by atoms with E-state index in [0.717, 1.165) is 18.2 Å². The van der Waals surface area contributed by atoms with Gasteiger partial charge in [-0.3, -0.25) is 4.98 Å². The monoisotopic (exact) mass is 245 g/mol. The van der Waals surface area contributed by atoms with E-state index < -0.39 is 11.9 Å². The average molecular weight is 245 g/mol. The zero-order chi connectivity index (χ0) is 13.0. The van der Waals surface area contributed by atoms with Crippen molar-refractivity contribution in [2.45, 2.75) is 25.9 Å². The van der Waals surface area contributed by atoms with E-state index in [1.54, 1.807) is 0 Å². The lowest BCUT2D eigenvalue weighted by Gasteiger charge is -2.12. The van der Waals surface area contributed by atoms with Gasteiger partial charge in [0.15, 0.2) is 0 Å². The Bertz CT molecular complexity index is 510. The van der Waals surface area contributed by atoms with Crippen molar-refractivity contribution >= 4 is 0 Å². The van der Waals surface area contributed by atoms with Crippen molar-refractivity contribution in [3.8, 4) is 0 Å². The van der Waals surface area contributed by atoms with Crippen LogP contribution < -0.4 is 0 Å². The van der Waals surface area contributed by atoms with Crippen LogP contribution in [0.3, 0.4) is 0 Å². The molecule has 2 aromatic rings. The molecule has 1 aromatic carbocycles. The van der Waals surface area contributed by atoms with Gasteiger partial charge in [0.2, 0.25) is 0 Å². The minimum Gasteiger partial charge on any atom is -0.388 e. The number of aromatic nitrogens is 1. The second kappa shape index (κ2) is 5.74. The largest absolute Gasteiger partial charge is 0.388 e. The fraction of sp³-hybridized carbons (Fsp3) is 0.267. The number of nitrogens with zero attached hydrogens (tertiary/aromatic N) is 1. The summed E-state index contributed by atoms with van der Waals surface area (Å²) < 4.78 is 13.4. The highest BCUT2D eigenvalue weighted by molar-refractivity contribution is 5.25. The molecule has 0 bridgehead atoms. The van der Waals surface area contributed by atoms with Crippen molar-refractivity contribution in [1.29, 1.82) is 0 Å². The quantitative estimate of drug-likeness (QED) is 0.898. The van der Waals surface area contributed by atoms with Crippen molar-refractivity contribution in [3.05, 3.63) is 65.2 Å². The fourth-order valence-electron chi connectivity index (χ4n) is 1.90. The summed E-state index contributed by atoms with van der Waals surface area (Å²) >= 11 is 0. The summed E-state index contributed by atoms with van der Waals surface area (Å²) in [6, 6.07) is 9.53. The van der Waals surface area contributed by atoms with Crippen LogP contribution >= 0.6 is 0 Å². The molecule has 2 rings (SSSR count). The third-order valence-corrected chi connectivity index (χ3v) is 3.02. The number of aryl methyl sites for hydroxylation is 1. The summed E-state index contributed by atoms with van der Waals surface area (Å²) in [6.07, 6.45) is 3.17. The molecule has 1 aromatic heterocycles. The lowest BCUT2D eigenvalue weighted by atomic mass is 10.0. The van der Waals surface area contributed by atoms with E-state index in [4.69, 9.17) is 0 Å². The summed E-state index contributed by atoms with van der Waals surface area (Å²) in [5.41, 5.74) is 2.55. The second-order valence-electron chi connectivity index (χ2n) is 4.29. The van der Waals surface area contributed by atoms with Crippen LogP contribution in [-0.4, -0.2) is 10.1 Å². The van der Waals surface area contributed by atoms with Gasteiger partial charge in [-0.05, 0) is 23.6 Å². The van der Waals surface area contributed by atoms with Gasteiger partial charge in [-0.25, -0.2) is 4.39 Å². The molecule has 18 heavy (non-hydrogen) atoms. The highest BCUT2D eigenvalue weighted by Crippen LogP contribution is 2.20. The first-order valence-corrected chi connectivity index (χ1v) is 6.06. The molecular formula is C15H16FNO. The molecule has 1 atom stereocenters. The Morgan fingerprint density at radius 2 is 1.83 bits per heavy atom. The molecule has 3 heteroatoms. The first kappa shape index (κ1) is 12.7. The normalized spacial score (nSPS) is 12.4. The summed E-state index contributed by atoms with van der Waals surface area (Å²) in [6.45, 7) is 2.09. The van der Waals surface area contributed by atoms with Crippen LogP contribution in [0.15, 0.2) is 42.7 Å². The molecule has 0 radical (unpaired) electrons. The lowest BCUT2D eigenvalue weighted by Crippen LogP contribution is -2.04. The molecule has 0 fully saturated rings. The molecule has 0 spiro atoms. The zero-order valence-corrected chi connectivity index (χ0v) is 10.3. The van der Waals surface area contributed by atoms with Gasteiger partial charge in [-0.2, -0.15) is 0 Å². The highest BCUT2D eigenvalue weighted by atomic mass is 19.1. The Kier molecular flexibility index (Phi) is 4.05. The van der Waals surface area contributed by atoms with Crippen LogP contribution in [0, 0.1) is 5.82 Å². The summed E-state index contributed by atoms with van der Waals surface area (Å²) in [5, 5.41) is 10.0. The molecule has 0 aliphatic carbocycles. The Balaban J connectivity index is 2.11. The Morgan fingerprint density at radius 3 is 2.44 bits per heavy atom. The van der Waals surface area contributed by atoms with E-state index >= 15 is 0 Å². The number of hydrogen-bond acceptors (Lipinski definition) is 2. The van der Waals surface area contributed by atoms with Crippen LogP contribution in [0.1, 0.15) is 29.7 Å².